The Labute approximate surface area is 186 Å². The maximum Gasteiger partial charge on any atom is 0.241 e. The Morgan fingerprint density at radius 2 is 1.61 bits per heavy atom. The van der Waals surface area contributed by atoms with Crippen molar-refractivity contribution in [3.63, 3.8) is 0 Å². The van der Waals surface area contributed by atoms with E-state index in [0.29, 0.717) is 23.7 Å². The quantitative estimate of drug-likeness (QED) is 0.679. The lowest BCUT2D eigenvalue weighted by atomic mass is 10.0. The smallest absolute Gasteiger partial charge is 0.241 e. The summed E-state index contributed by atoms with van der Waals surface area (Å²) in [5.41, 5.74) is 1.51. The molecule has 2 heterocycles. The van der Waals surface area contributed by atoms with Crippen molar-refractivity contribution in [1.29, 1.82) is 0 Å². The van der Waals surface area contributed by atoms with Gasteiger partial charge in [0.05, 0.1) is 29.0 Å². The van der Waals surface area contributed by atoms with Crippen LogP contribution in [-0.2, 0) is 31.1 Å². The number of piperazine rings is 1. The van der Waals surface area contributed by atoms with Crippen LogP contribution in [0.2, 0.25) is 5.02 Å². The number of hydrogen-bond donors (Lipinski definition) is 1. The number of amides is 1. The second-order valence-corrected chi connectivity index (χ2v) is 12.0. The predicted molar refractivity (Wildman–Crippen MR) is 118 cm³/mol. The average molecular weight is 484 g/mol. The molecule has 2 aliphatic heterocycles. The molecule has 166 valence electrons. The highest BCUT2D eigenvalue weighted by Crippen LogP contribution is 2.32. The Hall–Kier alpha value is -1.98. The number of rotatable bonds is 5. The van der Waals surface area contributed by atoms with E-state index in [9.17, 15) is 21.6 Å². The van der Waals surface area contributed by atoms with E-state index in [4.69, 9.17) is 16.7 Å². The first-order chi connectivity index (χ1) is 14.5. The molecule has 8 nitrogen and oxygen atoms in total. The van der Waals surface area contributed by atoms with Crippen LogP contribution >= 0.6 is 11.6 Å². The van der Waals surface area contributed by atoms with Crippen LogP contribution in [0.5, 0.6) is 0 Å². The number of carbonyl (C=O) groups is 1. The number of primary sulfonamides is 1. The van der Waals surface area contributed by atoms with E-state index in [2.05, 4.69) is 0 Å². The lowest BCUT2D eigenvalue weighted by molar-refractivity contribution is -0.123. The summed E-state index contributed by atoms with van der Waals surface area (Å²) >= 11 is 5.95. The zero-order valence-corrected chi connectivity index (χ0v) is 18.9. The maximum absolute atomic E-state index is 13.0. The van der Waals surface area contributed by atoms with Crippen molar-refractivity contribution in [1.82, 2.24) is 4.90 Å². The predicted octanol–water partition coefficient (Wildman–Crippen LogP) is 1.04. The fourth-order valence-electron chi connectivity index (χ4n) is 4.26. The van der Waals surface area contributed by atoms with Gasteiger partial charge < -0.3 is 4.90 Å². The molecular weight excluding hydrogens is 462 g/mol. The molecular formula is C20H22ClN3O5S2. The van der Waals surface area contributed by atoms with Crippen LogP contribution in [0.3, 0.4) is 0 Å². The van der Waals surface area contributed by atoms with E-state index in [1.165, 1.54) is 12.1 Å². The summed E-state index contributed by atoms with van der Waals surface area (Å²) in [6.07, 6.45) is 0.544. The van der Waals surface area contributed by atoms with Crippen LogP contribution < -0.4 is 10.0 Å². The molecule has 2 saturated heterocycles. The Kier molecular flexibility index (Phi) is 5.86. The highest BCUT2D eigenvalue weighted by molar-refractivity contribution is 7.91. The van der Waals surface area contributed by atoms with E-state index in [0.717, 1.165) is 5.56 Å². The summed E-state index contributed by atoms with van der Waals surface area (Å²) < 4.78 is 47.7. The molecule has 1 amide bonds. The van der Waals surface area contributed by atoms with Crippen LogP contribution in [0.4, 0.5) is 5.69 Å². The van der Waals surface area contributed by atoms with E-state index >= 15 is 0 Å². The summed E-state index contributed by atoms with van der Waals surface area (Å²) in [7, 11) is -7.04. The number of sulfonamides is 1. The second-order valence-electron chi connectivity index (χ2n) is 7.86. The standard InChI is InChI=1S/C20H22ClN3O5S2/c21-15-3-5-16(6-4-15)24-19-13-30(26,27)12-18(19)23(11-20(24)25)10-9-14-1-7-17(8-2-14)31(22,28)29/h1-8,18-19H,9-13H2,(H2,22,28,29)/t18-,19-/m0/s1. The number of fused-ring (bicyclic) bond motifs is 1. The molecule has 0 unspecified atom stereocenters. The lowest BCUT2D eigenvalue weighted by Gasteiger charge is -2.43. The molecule has 2 aliphatic rings. The van der Waals surface area contributed by atoms with Crippen molar-refractivity contribution in [2.75, 3.05) is 29.5 Å². The van der Waals surface area contributed by atoms with E-state index < -0.39 is 25.9 Å². The summed E-state index contributed by atoms with van der Waals surface area (Å²) in [5, 5.41) is 5.66. The highest BCUT2D eigenvalue weighted by Gasteiger charge is 2.49. The Balaban J connectivity index is 1.53. The topological polar surface area (TPSA) is 118 Å². The van der Waals surface area contributed by atoms with Gasteiger partial charge in [-0.15, -0.1) is 0 Å². The number of nitrogens with zero attached hydrogens (tertiary/aromatic N) is 2. The number of anilines is 1. The van der Waals surface area contributed by atoms with Gasteiger partial charge in [0.25, 0.3) is 0 Å². The minimum absolute atomic E-state index is 0.000604. The molecule has 2 aromatic carbocycles. The molecule has 2 fully saturated rings. The van der Waals surface area contributed by atoms with Gasteiger partial charge in [0.15, 0.2) is 9.84 Å². The summed E-state index contributed by atoms with van der Waals surface area (Å²) in [4.78, 5) is 16.5. The SMILES string of the molecule is NS(=O)(=O)c1ccc(CCN2CC(=O)N(c3ccc(Cl)cc3)[C@H]3CS(=O)(=O)C[C@@H]32)cc1. The summed E-state index contributed by atoms with van der Waals surface area (Å²) in [5.74, 6) is -0.240. The Morgan fingerprint density at radius 1 is 1.00 bits per heavy atom. The van der Waals surface area contributed by atoms with Crippen molar-refractivity contribution in [3.8, 4) is 0 Å². The van der Waals surface area contributed by atoms with Gasteiger partial charge in [0.1, 0.15) is 0 Å². The van der Waals surface area contributed by atoms with Crippen LogP contribution in [-0.4, -0.2) is 64.3 Å². The third-order valence-electron chi connectivity index (χ3n) is 5.75. The Morgan fingerprint density at radius 3 is 2.23 bits per heavy atom. The number of nitrogens with two attached hydrogens (primary N) is 1. The number of benzene rings is 2. The average Bonchev–Trinajstić information content (AvgIpc) is 3.02. The number of carbonyl (C=O) groups excluding carboxylic acids is 1. The van der Waals surface area contributed by atoms with Gasteiger partial charge in [0, 0.05) is 23.3 Å². The third kappa shape index (κ3) is 4.78. The fourth-order valence-corrected chi connectivity index (χ4v) is 6.88. The van der Waals surface area contributed by atoms with Gasteiger partial charge in [0.2, 0.25) is 15.9 Å². The van der Waals surface area contributed by atoms with Crippen LogP contribution in [0.15, 0.2) is 53.4 Å². The van der Waals surface area contributed by atoms with Crippen molar-refractivity contribution < 1.29 is 21.6 Å². The van der Waals surface area contributed by atoms with Crippen LogP contribution in [0.1, 0.15) is 5.56 Å². The molecule has 2 aromatic rings. The summed E-state index contributed by atoms with van der Waals surface area (Å²) in [6.45, 7) is 0.584. The number of hydrogen-bond acceptors (Lipinski definition) is 6. The molecule has 0 spiro atoms. The van der Waals surface area contributed by atoms with Crippen molar-refractivity contribution >= 4 is 43.1 Å². The van der Waals surface area contributed by atoms with E-state index in [1.807, 2.05) is 4.90 Å². The maximum atomic E-state index is 13.0. The van der Waals surface area contributed by atoms with Crippen LogP contribution in [0.25, 0.3) is 0 Å². The molecule has 11 heteroatoms. The largest absolute Gasteiger partial charge is 0.306 e. The van der Waals surface area contributed by atoms with Crippen molar-refractivity contribution in [2.45, 2.75) is 23.4 Å². The molecule has 2 N–H and O–H groups in total. The minimum atomic E-state index is -3.76. The first kappa shape index (κ1) is 22.2. The van der Waals surface area contributed by atoms with Gasteiger partial charge in [-0.3, -0.25) is 9.69 Å². The molecule has 2 atom stereocenters. The second kappa shape index (κ2) is 8.18. The zero-order chi connectivity index (χ0) is 22.4. The van der Waals surface area contributed by atoms with Crippen molar-refractivity contribution in [2.24, 2.45) is 5.14 Å². The molecule has 0 aromatic heterocycles. The minimum Gasteiger partial charge on any atom is -0.306 e. The fraction of sp³-hybridized carbons (Fsp3) is 0.350. The molecule has 0 aliphatic carbocycles. The normalized spacial score (nSPS) is 23.7. The van der Waals surface area contributed by atoms with E-state index in [-0.39, 0.29) is 34.9 Å². The third-order valence-corrected chi connectivity index (χ3v) is 8.63. The monoisotopic (exact) mass is 483 g/mol. The summed E-state index contributed by atoms with van der Waals surface area (Å²) in [6, 6.07) is 12.3. The first-order valence-electron chi connectivity index (χ1n) is 9.67. The molecule has 4 rings (SSSR count). The number of sulfone groups is 1. The van der Waals surface area contributed by atoms with Gasteiger partial charge in [-0.05, 0) is 48.4 Å². The number of halogens is 1. The highest BCUT2D eigenvalue weighted by atomic mass is 35.5. The van der Waals surface area contributed by atoms with Gasteiger partial charge in [-0.1, -0.05) is 23.7 Å². The van der Waals surface area contributed by atoms with Crippen molar-refractivity contribution in [3.05, 3.63) is 59.1 Å². The van der Waals surface area contributed by atoms with Gasteiger partial charge in [-0.2, -0.15) is 0 Å². The van der Waals surface area contributed by atoms with E-state index in [1.54, 1.807) is 41.3 Å². The molecule has 0 radical (unpaired) electrons. The zero-order valence-electron chi connectivity index (χ0n) is 16.5. The molecule has 0 bridgehead atoms. The Bertz CT molecular complexity index is 1200. The van der Waals surface area contributed by atoms with Crippen LogP contribution in [0, 0.1) is 0 Å². The molecule has 0 saturated carbocycles. The molecule has 31 heavy (non-hydrogen) atoms. The first-order valence-corrected chi connectivity index (χ1v) is 13.4. The lowest BCUT2D eigenvalue weighted by Crippen LogP contribution is -2.62. The van der Waals surface area contributed by atoms with Gasteiger partial charge >= 0.3 is 0 Å². The van der Waals surface area contributed by atoms with Gasteiger partial charge in [-0.25, -0.2) is 22.0 Å².